The molecule has 2 heterocycles. The normalized spacial score (nSPS) is 10.7. The van der Waals surface area contributed by atoms with Crippen molar-refractivity contribution in [3.8, 4) is 17.1 Å². The van der Waals surface area contributed by atoms with E-state index in [-0.39, 0.29) is 18.1 Å². The summed E-state index contributed by atoms with van der Waals surface area (Å²) in [6.45, 7) is 0.351. The summed E-state index contributed by atoms with van der Waals surface area (Å²) in [7, 11) is 0. The van der Waals surface area contributed by atoms with Crippen LogP contribution in [0.3, 0.4) is 0 Å². The van der Waals surface area contributed by atoms with Crippen LogP contribution in [0.2, 0.25) is 5.02 Å². The molecule has 0 bridgehead atoms. The molecule has 32 heavy (non-hydrogen) atoms. The van der Waals surface area contributed by atoms with Gasteiger partial charge in [-0.3, -0.25) is 9.59 Å². The third-order valence-corrected chi connectivity index (χ3v) is 5.03. The quantitative estimate of drug-likeness (QED) is 0.428. The van der Waals surface area contributed by atoms with Crippen molar-refractivity contribution < 1.29 is 14.0 Å². The molecule has 0 fully saturated rings. The van der Waals surface area contributed by atoms with Crippen LogP contribution in [-0.4, -0.2) is 34.7 Å². The molecule has 0 aliphatic heterocycles. The molecule has 0 saturated carbocycles. The first-order chi connectivity index (χ1) is 15.6. The average molecular weight is 449 g/mol. The summed E-state index contributed by atoms with van der Waals surface area (Å²) in [4.78, 5) is 24.7. The number of nitrogens with one attached hydrogen (secondary N) is 2. The van der Waals surface area contributed by atoms with Crippen LogP contribution in [0, 0.1) is 0 Å². The molecule has 0 saturated heterocycles. The molecule has 0 aliphatic rings. The number of hydrogen-bond donors (Lipinski definition) is 2. The Labute approximate surface area is 190 Å². The smallest absolute Gasteiger partial charge is 0.272 e. The van der Waals surface area contributed by atoms with E-state index in [9.17, 15) is 9.59 Å². The maximum atomic E-state index is 12.6. The molecule has 8 heteroatoms. The number of carbonyl (C=O) groups is 2. The molecular weight excluding hydrogens is 428 g/mol. The van der Waals surface area contributed by atoms with Crippen LogP contribution in [0.5, 0.6) is 0 Å². The summed E-state index contributed by atoms with van der Waals surface area (Å²) < 4.78 is 7.10. The number of hydrogen-bond acceptors (Lipinski definition) is 4. The van der Waals surface area contributed by atoms with Gasteiger partial charge in [0.25, 0.3) is 5.91 Å². The highest BCUT2D eigenvalue weighted by Crippen LogP contribution is 2.25. The minimum absolute atomic E-state index is 0.141. The Kier molecular flexibility index (Phi) is 6.67. The minimum atomic E-state index is -0.455. The highest BCUT2D eigenvalue weighted by Gasteiger charge is 2.18. The van der Waals surface area contributed by atoms with Gasteiger partial charge >= 0.3 is 0 Å². The van der Waals surface area contributed by atoms with Crippen molar-refractivity contribution in [1.82, 2.24) is 20.4 Å². The molecular formula is C24H21ClN4O3. The van der Waals surface area contributed by atoms with Crippen LogP contribution in [-0.2, 0) is 11.2 Å². The Morgan fingerprint density at radius 1 is 0.969 bits per heavy atom. The van der Waals surface area contributed by atoms with E-state index in [1.165, 1.54) is 0 Å². The Morgan fingerprint density at radius 3 is 2.47 bits per heavy atom. The summed E-state index contributed by atoms with van der Waals surface area (Å²) in [5, 5.41) is 10.4. The van der Waals surface area contributed by atoms with Crippen molar-refractivity contribution in [3.63, 3.8) is 0 Å². The SMILES string of the molecule is O=C(CNC(=O)c1cc(-c2ccco2)n(-c2ccc(Cl)cc2)n1)NCCc1ccccc1. The van der Waals surface area contributed by atoms with Gasteiger partial charge in [0.05, 0.1) is 18.5 Å². The number of halogens is 1. The molecule has 4 rings (SSSR count). The van der Waals surface area contributed by atoms with Crippen LogP contribution < -0.4 is 10.6 Å². The molecule has 2 amide bonds. The van der Waals surface area contributed by atoms with E-state index >= 15 is 0 Å². The van der Waals surface area contributed by atoms with Gasteiger partial charge in [-0.25, -0.2) is 4.68 Å². The zero-order chi connectivity index (χ0) is 22.3. The second-order valence-corrected chi connectivity index (χ2v) is 7.49. The van der Waals surface area contributed by atoms with Crippen molar-refractivity contribution in [3.05, 3.63) is 95.3 Å². The van der Waals surface area contributed by atoms with Gasteiger partial charge in [-0.2, -0.15) is 5.10 Å². The molecule has 162 valence electrons. The first-order valence-corrected chi connectivity index (χ1v) is 10.5. The molecule has 2 aromatic carbocycles. The van der Waals surface area contributed by atoms with Crippen LogP contribution in [0.15, 0.2) is 83.5 Å². The fourth-order valence-corrected chi connectivity index (χ4v) is 3.30. The molecule has 4 aromatic rings. The summed E-state index contributed by atoms with van der Waals surface area (Å²) in [6, 6.07) is 22.1. The zero-order valence-corrected chi connectivity index (χ0v) is 17.9. The van der Waals surface area contributed by atoms with Gasteiger partial charge in [-0.15, -0.1) is 0 Å². The van der Waals surface area contributed by atoms with Gasteiger partial charge in [0.1, 0.15) is 5.69 Å². The average Bonchev–Trinajstić information content (AvgIpc) is 3.49. The summed E-state index contributed by atoms with van der Waals surface area (Å²) in [6.07, 6.45) is 2.27. The lowest BCUT2D eigenvalue weighted by atomic mass is 10.1. The molecule has 0 atom stereocenters. The fourth-order valence-electron chi connectivity index (χ4n) is 3.18. The van der Waals surface area contributed by atoms with Crippen LogP contribution in [0.25, 0.3) is 17.1 Å². The Balaban J connectivity index is 1.40. The third-order valence-electron chi connectivity index (χ3n) is 4.77. The maximum absolute atomic E-state index is 12.6. The van der Waals surface area contributed by atoms with Crippen molar-refractivity contribution in [1.29, 1.82) is 0 Å². The largest absolute Gasteiger partial charge is 0.463 e. The number of furan rings is 1. The maximum Gasteiger partial charge on any atom is 0.272 e. The Bertz CT molecular complexity index is 1190. The predicted molar refractivity (Wildman–Crippen MR) is 122 cm³/mol. The molecule has 0 unspecified atom stereocenters. The number of carbonyl (C=O) groups excluding carboxylic acids is 2. The highest BCUT2D eigenvalue weighted by molar-refractivity contribution is 6.30. The second-order valence-electron chi connectivity index (χ2n) is 7.05. The molecule has 0 spiro atoms. The topological polar surface area (TPSA) is 89.2 Å². The van der Waals surface area contributed by atoms with E-state index in [1.54, 1.807) is 53.4 Å². The standard InChI is InChI=1S/C24H21ClN4O3/c25-18-8-10-19(11-9-18)29-21(22-7-4-14-32-22)15-20(28-29)24(31)27-16-23(30)26-13-12-17-5-2-1-3-6-17/h1-11,14-15H,12-13,16H2,(H,26,30)(H,27,31). The van der Waals surface area contributed by atoms with Crippen LogP contribution in [0.4, 0.5) is 0 Å². The van der Waals surface area contributed by atoms with Gasteiger partial charge in [0, 0.05) is 17.6 Å². The number of rotatable bonds is 8. The molecule has 2 aromatic heterocycles. The number of nitrogens with zero attached hydrogens (tertiary/aromatic N) is 2. The van der Waals surface area contributed by atoms with Crippen molar-refractivity contribution in [2.24, 2.45) is 0 Å². The van der Waals surface area contributed by atoms with Crippen LogP contribution >= 0.6 is 11.6 Å². The summed E-state index contributed by atoms with van der Waals surface area (Å²) >= 11 is 5.99. The first-order valence-electron chi connectivity index (χ1n) is 10.1. The lowest BCUT2D eigenvalue weighted by Gasteiger charge is -2.06. The van der Waals surface area contributed by atoms with Gasteiger partial charge < -0.3 is 15.1 Å². The van der Waals surface area contributed by atoms with E-state index < -0.39 is 5.91 Å². The van der Waals surface area contributed by atoms with Crippen LogP contribution in [0.1, 0.15) is 16.1 Å². The van der Waals surface area contributed by atoms with Gasteiger partial charge in [0.2, 0.25) is 5.91 Å². The van der Waals surface area contributed by atoms with Crippen molar-refractivity contribution >= 4 is 23.4 Å². The summed E-state index contributed by atoms with van der Waals surface area (Å²) in [5.74, 6) is -0.161. The molecule has 2 N–H and O–H groups in total. The van der Waals surface area contributed by atoms with Gasteiger partial charge in [0.15, 0.2) is 11.5 Å². The van der Waals surface area contributed by atoms with Crippen molar-refractivity contribution in [2.75, 3.05) is 13.1 Å². The Hall–Kier alpha value is -3.84. The van der Waals surface area contributed by atoms with Gasteiger partial charge in [-0.05, 0) is 48.4 Å². The zero-order valence-electron chi connectivity index (χ0n) is 17.1. The highest BCUT2D eigenvalue weighted by atomic mass is 35.5. The summed E-state index contributed by atoms with van der Waals surface area (Å²) in [5.41, 5.74) is 2.63. The third kappa shape index (κ3) is 5.25. The van der Waals surface area contributed by atoms with E-state index in [4.69, 9.17) is 16.0 Å². The fraction of sp³-hybridized carbons (Fsp3) is 0.125. The Morgan fingerprint density at radius 2 is 1.75 bits per heavy atom. The van der Waals surface area contributed by atoms with E-state index in [1.807, 2.05) is 30.3 Å². The number of benzene rings is 2. The molecule has 0 radical (unpaired) electrons. The number of aromatic nitrogens is 2. The molecule has 7 nitrogen and oxygen atoms in total. The second kappa shape index (κ2) is 9.98. The van der Waals surface area contributed by atoms with Gasteiger partial charge in [-0.1, -0.05) is 41.9 Å². The lowest BCUT2D eigenvalue weighted by Crippen LogP contribution is -2.37. The minimum Gasteiger partial charge on any atom is -0.463 e. The van der Waals surface area contributed by atoms with E-state index in [0.717, 1.165) is 17.7 Å². The number of amides is 2. The molecule has 0 aliphatic carbocycles. The van der Waals surface area contributed by atoms with Crippen molar-refractivity contribution in [2.45, 2.75) is 6.42 Å². The lowest BCUT2D eigenvalue weighted by molar-refractivity contribution is -0.120. The monoisotopic (exact) mass is 448 g/mol. The van der Waals surface area contributed by atoms with E-state index in [2.05, 4.69) is 15.7 Å². The van der Waals surface area contributed by atoms with E-state index in [0.29, 0.717) is 23.0 Å². The first kappa shape index (κ1) is 21.4. The predicted octanol–water partition coefficient (Wildman–Crippen LogP) is 3.87.